The van der Waals surface area contributed by atoms with Crippen molar-refractivity contribution in [2.24, 2.45) is 0 Å². The highest BCUT2D eigenvalue weighted by molar-refractivity contribution is 6.27. The predicted octanol–water partition coefficient (Wildman–Crippen LogP) is 14.9. The number of fused-ring (bicyclic) bond motifs is 9. The van der Waals surface area contributed by atoms with Gasteiger partial charge in [0.2, 0.25) is 0 Å². The van der Waals surface area contributed by atoms with E-state index >= 15 is 0 Å². The Bertz CT molecular complexity index is 2700. The van der Waals surface area contributed by atoms with Gasteiger partial charge >= 0.3 is 0 Å². The van der Waals surface area contributed by atoms with E-state index in [0.717, 1.165) is 0 Å². The summed E-state index contributed by atoms with van der Waals surface area (Å²) in [6.45, 7) is 8.18. The van der Waals surface area contributed by atoms with Gasteiger partial charge in [0.05, 0.1) is 0 Å². The number of hydrogen-bond donors (Lipinski definition) is 0. The predicted molar refractivity (Wildman–Crippen MR) is 222 cm³/mol. The molecule has 50 heavy (non-hydrogen) atoms. The first kappa shape index (κ1) is 31.3. The lowest BCUT2D eigenvalue weighted by atomic mass is 9.84. The zero-order chi connectivity index (χ0) is 34.2. The Morgan fingerprint density at radius 3 is 1.30 bits per heavy atom. The Hall–Kier alpha value is -5.98. The topological polar surface area (TPSA) is 0 Å². The summed E-state index contributed by atoms with van der Waals surface area (Å²) in [6, 6.07) is 56.4. The molecule has 0 radical (unpaired) electrons. The lowest BCUT2D eigenvalue weighted by Gasteiger charge is -2.19. The second-order valence-corrected chi connectivity index (χ2v) is 12.7. The van der Waals surface area contributed by atoms with Crippen molar-refractivity contribution in [1.29, 1.82) is 0 Å². The number of hydrogen-bond acceptors (Lipinski definition) is 0. The Balaban J connectivity index is 0.00000177. The first-order chi connectivity index (χ1) is 24.7. The van der Waals surface area contributed by atoms with Crippen molar-refractivity contribution in [3.63, 3.8) is 0 Å². The van der Waals surface area contributed by atoms with E-state index in [2.05, 4.69) is 184 Å². The maximum Gasteiger partial charge on any atom is -0.00261 e. The van der Waals surface area contributed by atoms with Crippen LogP contribution in [0.25, 0.3) is 92.5 Å². The standard InChI is InChI=1S/C48H34.C2H6/c1-3-13-31(4-2)33-24-22-32-23-25-34(29-36(32)28-33)47-42-18-9-11-20-44(42)48(45-21-12-10-19-43(45)47)35-26-27-41-39-16-6-5-14-37(39)38-15-7-8-17-40(38)46(41)30-35;1-2/h3-30H,1-2H3;1-2H3/b13-3-,31-4+;. The third kappa shape index (κ3) is 5.08. The second kappa shape index (κ2) is 13.1. The first-order valence-electron chi connectivity index (χ1n) is 17.8. The van der Waals surface area contributed by atoms with Gasteiger partial charge in [0.1, 0.15) is 0 Å². The van der Waals surface area contributed by atoms with Crippen LogP contribution in [0, 0.1) is 0 Å². The minimum absolute atomic E-state index is 1.24. The van der Waals surface area contributed by atoms with E-state index in [1.54, 1.807) is 0 Å². The van der Waals surface area contributed by atoms with Gasteiger partial charge in [-0.05, 0) is 130 Å². The zero-order valence-electron chi connectivity index (χ0n) is 29.2. The normalized spacial score (nSPS) is 12.0. The van der Waals surface area contributed by atoms with E-state index in [4.69, 9.17) is 0 Å². The number of rotatable bonds is 4. The summed E-state index contributed by atoms with van der Waals surface area (Å²) in [4.78, 5) is 0. The van der Waals surface area contributed by atoms with Crippen molar-refractivity contribution in [3.8, 4) is 22.3 Å². The molecule has 0 nitrogen and oxygen atoms in total. The van der Waals surface area contributed by atoms with Crippen LogP contribution in [0.5, 0.6) is 0 Å². The molecule has 240 valence electrons. The van der Waals surface area contributed by atoms with Gasteiger partial charge in [-0.15, -0.1) is 0 Å². The van der Waals surface area contributed by atoms with Crippen LogP contribution in [-0.2, 0) is 0 Å². The Morgan fingerprint density at radius 2 is 0.800 bits per heavy atom. The molecule has 9 aromatic carbocycles. The SMILES string of the molecule is C/C=C\C(=C/C)c1ccc2ccc(-c3c4ccccc4c(-c4ccc5c6ccccc6c6ccccc6c5c4)c4ccccc34)cc2c1.CC. The van der Waals surface area contributed by atoms with Crippen LogP contribution in [0.1, 0.15) is 33.3 Å². The van der Waals surface area contributed by atoms with Crippen molar-refractivity contribution in [2.75, 3.05) is 0 Å². The highest BCUT2D eigenvalue weighted by atomic mass is 14.2. The Labute approximate surface area is 294 Å². The van der Waals surface area contributed by atoms with E-state index in [0.29, 0.717) is 0 Å². The second-order valence-electron chi connectivity index (χ2n) is 12.7. The van der Waals surface area contributed by atoms with E-state index in [1.165, 1.54) is 98.0 Å². The molecule has 0 amide bonds. The maximum atomic E-state index is 2.43. The monoisotopic (exact) mass is 640 g/mol. The van der Waals surface area contributed by atoms with Crippen LogP contribution in [0.15, 0.2) is 170 Å². The molecule has 0 N–H and O–H groups in total. The van der Waals surface area contributed by atoms with Gasteiger partial charge in [0, 0.05) is 0 Å². The molecule has 0 heterocycles. The van der Waals surface area contributed by atoms with Crippen LogP contribution in [0.3, 0.4) is 0 Å². The number of allylic oxidation sites excluding steroid dienone is 4. The van der Waals surface area contributed by atoms with Gasteiger partial charge in [-0.1, -0.05) is 166 Å². The minimum atomic E-state index is 1.24. The lowest BCUT2D eigenvalue weighted by molar-refractivity contribution is 1.50. The minimum Gasteiger partial charge on any atom is -0.0871 e. The molecule has 9 aromatic rings. The molecule has 0 atom stereocenters. The van der Waals surface area contributed by atoms with Gasteiger partial charge in [-0.25, -0.2) is 0 Å². The molecule has 0 saturated heterocycles. The molecule has 0 aliphatic carbocycles. The van der Waals surface area contributed by atoms with Gasteiger partial charge in [-0.2, -0.15) is 0 Å². The fourth-order valence-corrected chi connectivity index (χ4v) is 7.93. The quantitative estimate of drug-likeness (QED) is 0.102. The molecule has 0 saturated carbocycles. The van der Waals surface area contributed by atoms with Gasteiger partial charge < -0.3 is 0 Å². The average molecular weight is 641 g/mol. The zero-order valence-corrected chi connectivity index (χ0v) is 29.2. The Kier molecular flexibility index (Phi) is 8.23. The largest absolute Gasteiger partial charge is 0.0871 e. The van der Waals surface area contributed by atoms with E-state index < -0.39 is 0 Å². The van der Waals surface area contributed by atoms with Gasteiger partial charge in [0.15, 0.2) is 0 Å². The maximum absolute atomic E-state index is 2.43. The average Bonchev–Trinajstić information content (AvgIpc) is 3.19. The van der Waals surface area contributed by atoms with Gasteiger partial charge in [-0.3, -0.25) is 0 Å². The van der Waals surface area contributed by atoms with Crippen LogP contribution in [0.4, 0.5) is 0 Å². The van der Waals surface area contributed by atoms with E-state index in [9.17, 15) is 0 Å². The summed E-state index contributed by atoms with van der Waals surface area (Å²) < 4.78 is 0. The van der Waals surface area contributed by atoms with E-state index in [1.807, 2.05) is 13.8 Å². The molecule has 0 bridgehead atoms. The van der Waals surface area contributed by atoms with Crippen LogP contribution < -0.4 is 0 Å². The smallest absolute Gasteiger partial charge is 0.00261 e. The molecule has 0 heteroatoms. The van der Waals surface area contributed by atoms with Crippen molar-refractivity contribution in [1.82, 2.24) is 0 Å². The molecule has 0 aromatic heterocycles. The summed E-state index contributed by atoms with van der Waals surface area (Å²) in [5, 5.41) is 15.4. The first-order valence-corrected chi connectivity index (χ1v) is 17.8. The number of benzene rings is 9. The fraction of sp³-hybridized carbons (Fsp3) is 0.0800. The lowest BCUT2D eigenvalue weighted by Crippen LogP contribution is -1.92. The Morgan fingerprint density at radius 1 is 0.380 bits per heavy atom. The molecule has 9 rings (SSSR count). The summed E-state index contributed by atoms with van der Waals surface area (Å²) >= 11 is 0. The highest BCUT2D eigenvalue weighted by Crippen LogP contribution is 2.45. The van der Waals surface area contributed by atoms with Crippen LogP contribution in [-0.4, -0.2) is 0 Å². The summed E-state index contributed by atoms with van der Waals surface area (Å²) in [7, 11) is 0. The summed E-state index contributed by atoms with van der Waals surface area (Å²) in [6.07, 6.45) is 6.47. The molecule has 0 aliphatic heterocycles. The molecular formula is C50H40. The molecule has 0 unspecified atom stereocenters. The molecular weight excluding hydrogens is 601 g/mol. The van der Waals surface area contributed by atoms with Crippen LogP contribution >= 0.6 is 0 Å². The fourth-order valence-electron chi connectivity index (χ4n) is 7.93. The van der Waals surface area contributed by atoms with Crippen molar-refractivity contribution >= 4 is 70.2 Å². The summed E-state index contributed by atoms with van der Waals surface area (Å²) in [5.41, 5.74) is 7.53. The summed E-state index contributed by atoms with van der Waals surface area (Å²) in [5.74, 6) is 0. The highest BCUT2D eigenvalue weighted by Gasteiger charge is 2.18. The van der Waals surface area contributed by atoms with Crippen molar-refractivity contribution in [2.45, 2.75) is 27.7 Å². The molecule has 0 aliphatic rings. The van der Waals surface area contributed by atoms with Gasteiger partial charge in [0.25, 0.3) is 0 Å². The van der Waals surface area contributed by atoms with Crippen LogP contribution in [0.2, 0.25) is 0 Å². The molecule has 0 spiro atoms. The van der Waals surface area contributed by atoms with E-state index in [-0.39, 0.29) is 0 Å². The van der Waals surface area contributed by atoms with Crippen molar-refractivity contribution < 1.29 is 0 Å². The third-order valence-corrected chi connectivity index (χ3v) is 10.1. The third-order valence-electron chi connectivity index (χ3n) is 10.1. The molecule has 0 fully saturated rings. The van der Waals surface area contributed by atoms with Crippen molar-refractivity contribution in [3.05, 3.63) is 175 Å².